The summed E-state index contributed by atoms with van der Waals surface area (Å²) in [6.07, 6.45) is 1.08. The van der Waals surface area contributed by atoms with Crippen molar-refractivity contribution in [2.45, 2.75) is 32.3 Å². The van der Waals surface area contributed by atoms with Crippen molar-refractivity contribution in [1.29, 1.82) is 5.26 Å². The minimum absolute atomic E-state index is 0.208. The van der Waals surface area contributed by atoms with Crippen LogP contribution in [0.4, 0.5) is 4.39 Å². The Morgan fingerprint density at radius 3 is 2.89 bits per heavy atom. The average molecular weight is 312 g/mol. The van der Waals surface area contributed by atoms with Gasteiger partial charge in [-0.05, 0) is 43.4 Å². The summed E-state index contributed by atoms with van der Waals surface area (Å²) in [6.45, 7) is 2.06. The molecule has 1 aromatic rings. The highest BCUT2D eigenvalue weighted by atomic mass is 79.9. The summed E-state index contributed by atoms with van der Waals surface area (Å²) < 4.78 is 14.5. The number of hydrogen-bond acceptors (Lipinski definition) is 2. The highest BCUT2D eigenvalue weighted by Crippen LogP contribution is 2.50. The number of rotatable bonds is 2. The Bertz CT molecular complexity index is 499. The van der Waals surface area contributed by atoms with Crippen LogP contribution in [0.15, 0.2) is 22.7 Å². The predicted molar refractivity (Wildman–Crippen MR) is 70.1 cm³/mol. The lowest BCUT2D eigenvalue weighted by Gasteiger charge is -2.28. The van der Waals surface area contributed by atoms with Crippen LogP contribution in [-0.4, -0.2) is 5.11 Å². The lowest BCUT2D eigenvalue weighted by atomic mass is 9.78. The molecule has 18 heavy (non-hydrogen) atoms. The summed E-state index contributed by atoms with van der Waals surface area (Å²) in [5.74, 6) is -0.0607. The first kappa shape index (κ1) is 13.5. The molecule has 1 aliphatic rings. The molecular weight excluding hydrogens is 297 g/mol. The quantitative estimate of drug-likeness (QED) is 0.898. The van der Waals surface area contributed by atoms with Crippen molar-refractivity contribution in [1.82, 2.24) is 0 Å². The van der Waals surface area contributed by atoms with Crippen LogP contribution in [0.25, 0.3) is 0 Å². The molecular formula is C14H15BrFNO. The number of aliphatic hydroxyl groups is 1. The Labute approximate surface area is 115 Å². The van der Waals surface area contributed by atoms with Crippen LogP contribution < -0.4 is 0 Å². The standard InChI is InChI=1S/C14H15BrFNO/c1-9-4-5-14(7-9,8-17)13(18)11-6-10(15)2-3-12(11)16/h2-3,6,9,13,18H,4-5,7H2,1H3. The second-order valence-electron chi connectivity index (χ2n) is 5.18. The molecule has 3 unspecified atom stereocenters. The van der Waals surface area contributed by atoms with E-state index in [4.69, 9.17) is 0 Å². The Hall–Kier alpha value is -0.920. The van der Waals surface area contributed by atoms with Crippen LogP contribution in [0, 0.1) is 28.5 Å². The molecule has 2 rings (SSSR count). The molecule has 0 saturated heterocycles. The molecule has 1 saturated carbocycles. The molecule has 0 heterocycles. The monoisotopic (exact) mass is 311 g/mol. The van der Waals surface area contributed by atoms with E-state index in [1.54, 1.807) is 12.1 Å². The fraction of sp³-hybridized carbons (Fsp3) is 0.500. The number of nitrogens with zero attached hydrogens (tertiary/aromatic N) is 1. The zero-order chi connectivity index (χ0) is 13.3. The predicted octanol–water partition coefficient (Wildman–Crippen LogP) is 3.95. The van der Waals surface area contributed by atoms with E-state index in [-0.39, 0.29) is 5.56 Å². The van der Waals surface area contributed by atoms with E-state index in [0.717, 1.165) is 6.42 Å². The summed E-state index contributed by atoms with van der Waals surface area (Å²) in [7, 11) is 0. The zero-order valence-electron chi connectivity index (χ0n) is 10.2. The molecule has 3 atom stereocenters. The maximum absolute atomic E-state index is 13.8. The number of nitriles is 1. The Morgan fingerprint density at radius 1 is 1.61 bits per heavy atom. The SMILES string of the molecule is CC1CCC(C#N)(C(O)c2cc(Br)ccc2F)C1. The molecule has 1 aliphatic carbocycles. The van der Waals surface area contributed by atoms with E-state index < -0.39 is 17.3 Å². The van der Waals surface area contributed by atoms with Crippen molar-refractivity contribution in [2.24, 2.45) is 11.3 Å². The molecule has 0 amide bonds. The first-order valence-corrected chi connectivity index (χ1v) is 6.82. The Morgan fingerprint density at radius 2 is 2.33 bits per heavy atom. The van der Waals surface area contributed by atoms with Crippen molar-refractivity contribution >= 4 is 15.9 Å². The van der Waals surface area contributed by atoms with E-state index in [9.17, 15) is 14.8 Å². The molecule has 2 nitrogen and oxygen atoms in total. The van der Waals surface area contributed by atoms with Gasteiger partial charge in [0.15, 0.2) is 0 Å². The van der Waals surface area contributed by atoms with Gasteiger partial charge in [0.2, 0.25) is 0 Å². The highest BCUT2D eigenvalue weighted by Gasteiger charge is 2.45. The van der Waals surface area contributed by atoms with Crippen LogP contribution in [0.3, 0.4) is 0 Å². The third-order valence-corrected chi connectivity index (χ3v) is 4.29. The highest BCUT2D eigenvalue weighted by molar-refractivity contribution is 9.10. The molecule has 0 bridgehead atoms. The maximum atomic E-state index is 13.8. The van der Waals surface area contributed by atoms with Crippen LogP contribution in [-0.2, 0) is 0 Å². The summed E-state index contributed by atoms with van der Waals surface area (Å²) in [5.41, 5.74) is -0.638. The fourth-order valence-electron chi connectivity index (χ4n) is 2.76. The average Bonchev–Trinajstić information content (AvgIpc) is 2.74. The Balaban J connectivity index is 2.38. The van der Waals surface area contributed by atoms with Gasteiger partial charge < -0.3 is 5.11 Å². The number of aliphatic hydroxyl groups excluding tert-OH is 1. The summed E-state index contributed by atoms with van der Waals surface area (Å²) in [4.78, 5) is 0. The molecule has 1 N–H and O–H groups in total. The number of hydrogen-bond donors (Lipinski definition) is 1. The van der Waals surface area contributed by atoms with Gasteiger partial charge in [0.1, 0.15) is 11.9 Å². The van der Waals surface area contributed by atoms with Gasteiger partial charge in [-0.15, -0.1) is 0 Å². The molecule has 0 spiro atoms. The van der Waals surface area contributed by atoms with Crippen LogP contribution in [0.5, 0.6) is 0 Å². The minimum Gasteiger partial charge on any atom is -0.387 e. The van der Waals surface area contributed by atoms with E-state index in [1.165, 1.54) is 6.07 Å². The first-order chi connectivity index (χ1) is 8.48. The second kappa shape index (κ2) is 4.99. The molecule has 96 valence electrons. The van der Waals surface area contributed by atoms with Gasteiger partial charge in [0.25, 0.3) is 0 Å². The van der Waals surface area contributed by atoms with Crippen LogP contribution in [0.2, 0.25) is 0 Å². The topological polar surface area (TPSA) is 44.0 Å². The summed E-state index contributed by atoms with van der Waals surface area (Å²) in [5, 5.41) is 19.8. The van der Waals surface area contributed by atoms with Gasteiger partial charge in [-0.2, -0.15) is 5.26 Å². The number of halogens is 2. The van der Waals surface area contributed by atoms with Crippen molar-refractivity contribution in [2.75, 3.05) is 0 Å². The smallest absolute Gasteiger partial charge is 0.129 e. The Kier molecular flexibility index (Phi) is 3.74. The minimum atomic E-state index is -1.06. The largest absolute Gasteiger partial charge is 0.387 e. The van der Waals surface area contributed by atoms with Gasteiger partial charge in [-0.25, -0.2) is 4.39 Å². The molecule has 0 aromatic heterocycles. The van der Waals surface area contributed by atoms with Gasteiger partial charge in [0, 0.05) is 10.0 Å². The normalized spacial score (nSPS) is 28.9. The van der Waals surface area contributed by atoms with Crippen molar-refractivity contribution in [3.63, 3.8) is 0 Å². The van der Waals surface area contributed by atoms with Crippen LogP contribution in [0.1, 0.15) is 37.9 Å². The van der Waals surface area contributed by atoms with E-state index in [0.29, 0.717) is 23.2 Å². The van der Waals surface area contributed by atoms with E-state index in [2.05, 4.69) is 28.9 Å². The lowest BCUT2D eigenvalue weighted by molar-refractivity contribution is 0.0615. The maximum Gasteiger partial charge on any atom is 0.129 e. The molecule has 1 fully saturated rings. The third kappa shape index (κ3) is 2.30. The van der Waals surface area contributed by atoms with Crippen molar-refractivity contribution in [3.8, 4) is 6.07 Å². The third-order valence-electron chi connectivity index (χ3n) is 3.79. The number of benzene rings is 1. The van der Waals surface area contributed by atoms with Crippen LogP contribution >= 0.6 is 15.9 Å². The molecule has 1 aromatic carbocycles. The van der Waals surface area contributed by atoms with Gasteiger partial charge in [-0.1, -0.05) is 22.9 Å². The molecule has 0 radical (unpaired) electrons. The van der Waals surface area contributed by atoms with Crippen molar-refractivity contribution in [3.05, 3.63) is 34.1 Å². The first-order valence-electron chi connectivity index (χ1n) is 6.03. The summed E-state index contributed by atoms with van der Waals surface area (Å²) >= 11 is 3.26. The fourth-order valence-corrected chi connectivity index (χ4v) is 3.14. The lowest BCUT2D eigenvalue weighted by Crippen LogP contribution is -2.25. The van der Waals surface area contributed by atoms with Gasteiger partial charge in [0.05, 0.1) is 11.5 Å². The molecule has 4 heteroatoms. The van der Waals surface area contributed by atoms with Gasteiger partial charge in [-0.3, -0.25) is 0 Å². The zero-order valence-corrected chi connectivity index (χ0v) is 11.7. The van der Waals surface area contributed by atoms with Gasteiger partial charge >= 0.3 is 0 Å². The van der Waals surface area contributed by atoms with Crippen molar-refractivity contribution < 1.29 is 9.50 Å². The van der Waals surface area contributed by atoms with E-state index in [1.807, 2.05) is 0 Å². The molecule has 0 aliphatic heterocycles. The van der Waals surface area contributed by atoms with E-state index >= 15 is 0 Å². The summed E-state index contributed by atoms with van der Waals surface area (Å²) in [6, 6.07) is 6.68. The second-order valence-corrected chi connectivity index (χ2v) is 6.10.